The van der Waals surface area contributed by atoms with Crippen LogP contribution in [0.1, 0.15) is 37.1 Å². The largest absolute Gasteiger partial charge is 0.481 e. The van der Waals surface area contributed by atoms with E-state index in [0.29, 0.717) is 12.1 Å². The maximum atomic E-state index is 13.0. The number of carbonyl (C=O) groups is 1. The minimum atomic E-state index is -2.79. The van der Waals surface area contributed by atoms with E-state index in [4.69, 9.17) is 10.4 Å². The molecule has 0 aliphatic rings. The van der Waals surface area contributed by atoms with Crippen molar-refractivity contribution in [2.75, 3.05) is 5.75 Å². The Morgan fingerprint density at radius 3 is 2.65 bits per heavy atom. The number of carboxylic acid groups (broad SMARTS) is 1. The van der Waals surface area contributed by atoms with Gasteiger partial charge in [0.2, 0.25) is 0 Å². The first-order chi connectivity index (χ1) is 9.35. The molecule has 0 bridgehead atoms. The van der Waals surface area contributed by atoms with Crippen LogP contribution in [0.25, 0.3) is 0 Å². The maximum absolute atomic E-state index is 13.0. The van der Waals surface area contributed by atoms with Crippen molar-refractivity contribution in [1.82, 2.24) is 4.98 Å². The Balaban J connectivity index is 3.26. The van der Waals surface area contributed by atoms with Gasteiger partial charge in [0.1, 0.15) is 11.1 Å². The molecule has 0 aliphatic heterocycles. The number of alkyl halides is 2. The average Bonchev–Trinajstić information content (AvgIpc) is 2.34. The molecule has 20 heavy (non-hydrogen) atoms. The second-order valence-corrected chi connectivity index (χ2v) is 5.54. The summed E-state index contributed by atoms with van der Waals surface area (Å²) in [6, 6.07) is 2.92. The molecular weight excluding hydrogens is 286 g/mol. The standard InChI is InChI=1S/C13H14F2N2O2S/c1-7(2)3-8-4-9(12(14)15)10(5-16)13(17-8)20-6-11(18)19/h4,7,12H,3,6H2,1-2H3,(H,18,19). The van der Waals surface area contributed by atoms with Crippen LogP contribution in [-0.2, 0) is 11.2 Å². The van der Waals surface area contributed by atoms with E-state index in [2.05, 4.69) is 4.98 Å². The Morgan fingerprint density at radius 1 is 1.55 bits per heavy atom. The normalized spacial score (nSPS) is 10.8. The summed E-state index contributed by atoms with van der Waals surface area (Å²) in [6.07, 6.45) is -2.30. The van der Waals surface area contributed by atoms with Crippen molar-refractivity contribution in [3.05, 3.63) is 22.9 Å². The van der Waals surface area contributed by atoms with E-state index in [1.807, 2.05) is 13.8 Å². The Hall–Kier alpha value is -1.68. The summed E-state index contributed by atoms with van der Waals surface area (Å²) < 4.78 is 26.0. The summed E-state index contributed by atoms with van der Waals surface area (Å²) in [4.78, 5) is 14.7. The lowest BCUT2D eigenvalue weighted by atomic mass is 10.0. The zero-order chi connectivity index (χ0) is 15.3. The van der Waals surface area contributed by atoms with Crippen LogP contribution < -0.4 is 0 Å². The number of aliphatic carboxylic acids is 1. The fraction of sp³-hybridized carbons (Fsp3) is 0.462. The number of pyridine rings is 1. The molecule has 1 heterocycles. The van der Waals surface area contributed by atoms with Crippen LogP contribution in [0.5, 0.6) is 0 Å². The molecule has 4 nitrogen and oxygen atoms in total. The molecule has 0 atom stereocenters. The van der Waals surface area contributed by atoms with Crippen LogP contribution in [0.2, 0.25) is 0 Å². The molecule has 1 aromatic heterocycles. The van der Waals surface area contributed by atoms with Crippen molar-refractivity contribution in [2.45, 2.75) is 31.7 Å². The van der Waals surface area contributed by atoms with E-state index >= 15 is 0 Å². The summed E-state index contributed by atoms with van der Waals surface area (Å²) in [6.45, 7) is 3.85. The molecular formula is C13H14F2N2O2S. The van der Waals surface area contributed by atoms with E-state index in [1.54, 1.807) is 6.07 Å². The van der Waals surface area contributed by atoms with Gasteiger partial charge in [0, 0.05) is 11.3 Å². The highest BCUT2D eigenvalue weighted by molar-refractivity contribution is 7.99. The fourth-order valence-corrected chi connectivity index (χ4v) is 2.39. The van der Waals surface area contributed by atoms with Crippen molar-refractivity contribution >= 4 is 17.7 Å². The first kappa shape index (κ1) is 16.4. The monoisotopic (exact) mass is 300 g/mol. The van der Waals surface area contributed by atoms with Gasteiger partial charge >= 0.3 is 5.97 Å². The van der Waals surface area contributed by atoms with Crippen LogP contribution in [-0.4, -0.2) is 21.8 Å². The maximum Gasteiger partial charge on any atom is 0.313 e. The molecule has 0 fully saturated rings. The van der Waals surface area contributed by atoms with Crippen molar-refractivity contribution < 1.29 is 18.7 Å². The Labute approximate surface area is 119 Å². The molecule has 0 saturated heterocycles. The highest BCUT2D eigenvalue weighted by Crippen LogP contribution is 2.30. The molecule has 1 N–H and O–H groups in total. The molecule has 1 rings (SSSR count). The van der Waals surface area contributed by atoms with Crippen LogP contribution in [0.4, 0.5) is 8.78 Å². The Bertz CT molecular complexity index is 542. The van der Waals surface area contributed by atoms with E-state index in [0.717, 1.165) is 11.8 Å². The number of nitrogens with zero attached hydrogens (tertiary/aromatic N) is 2. The SMILES string of the molecule is CC(C)Cc1cc(C(F)F)c(C#N)c(SCC(=O)O)n1. The third kappa shape index (κ3) is 4.46. The third-order valence-corrected chi connectivity index (χ3v) is 3.33. The minimum Gasteiger partial charge on any atom is -0.481 e. The van der Waals surface area contributed by atoms with Gasteiger partial charge < -0.3 is 5.11 Å². The highest BCUT2D eigenvalue weighted by Gasteiger charge is 2.20. The predicted octanol–water partition coefficient (Wildman–Crippen LogP) is 3.27. The van der Waals surface area contributed by atoms with E-state index in [1.165, 1.54) is 6.07 Å². The summed E-state index contributed by atoms with van der Waals surface area (Å²) >= 11 is 0.786. The quantitative estimate of drug-likeness (QED) is 0.816. The van der Waals surface area contributed by atoms with E-state index in [9.17, 15) is 13.6 Å². The lowest BCUT2D eigenvalue weighted by Crippen LogP contribution is -2.06. The van der Waals surface area contributed by atoms with E-state index < -0.39 is 12.4 Å². The zero-order valence-corrected chi connectivity index (χ0v) is 11.9. The van der Waals surface area contributed by atoms with Gasteiger partial charge in [-0.25, -0.2) is 13.8 Å². The van der Waals surface area contributed by atoms with Gasteiger partial charge in [-0.3, -0.25) is 4.79 Å². The van der Waals surface area contributed by atoms with Gasteiger partial charge in [-0.2, -0.15) is 5.26 Å². The van der Waals surface area contributed by atoms with Gasteiger partial charge in [-0.1, -0.05) is 25.6 Å². The summed E-state index contributed by atoms with van der Waals surface area (Å²) in [5.74, 6) is -1.19. The van der Waals surface area contributed by atoms with Gasteiger partial charge in [0.25, 0.3) is 6.43 Å². The second kappa shape index (κ2) is 7.20. The number of nitriles is 1. The molecule has 108 valence electrons. The highest BCUT2D eigenvalue weighted by atomic mass is 32.2. The molecule has 1 aromatic rings. The Kier molecular flexibility index (Phi) is 5.89. The number of hydrogen-bond donors (Lipinski definition) is 1. The van der Waals surface area contributed by atoms with Crippen molar-refractivity contribution in [3.8, 4) is 6.07 Å². The van der Waals surface area contributed by atoms with Crippen molar-refractivity contribution in [1.29, 1.82) is 5.26 Å². The van der Waals surface area contributed by atoms with Crippen LogP contribution in [0.3, 0.4) is 0 Å². The molecule has 0 aromatic carbocycles. The lowest BCUT2D eigenvalue weighted by molar-refractivity contribution is -0.133. The Morgan fingerprint density at radius 2 is 2.20 bits per heavy atom. The van der Waals surface area contributed by atoms with Crippen LogP contribution in [0.15, 0.2) is 11.1 Å². The number of aromatic nitrogens is 1. The van der Waals surface area contributed by atoms with Crippen LogP contribution in [0, 0.1) is 17.2 Å². The smallest absolute Gasteiger partial charge is 0.313 e. The number of halogens is 2. The molecule has 0 saturated carbocycles. The predicted molar refractivity (Wildman–Crippen MR) is 70.8 cm³/mol. The minimum absolute atomic E-state index is 0.0587. The molecule has 0 spiro atoms. The summed E-state index contributed by atoms with van der Waals surface area (Å²) in [5.41, 5.74) is -0.174. The topological polar surface area (TPSA) is 74.0 Å². The van der Waals surface area contributed by atoms with Crippen molar-refractivity contribution in [2.24, 2.45) is 5.92 Å². The van der Waals surface area contributed by atoms with Gasteiger partial charge in [0.15, 0.2) is 0 Å². The number of carboxylic acids is 1. The average molecular weight is 300 g/mol. The van der Waals surface area contributed by atoms with Gasteiger partial charge in [-0.15, -0.1) is 0 Å². The molecule has 0 amide bonds. The molecule has 0 unspecified atom stereocenters. The first-order valence-electron chi connectivity index (χ1n) is 5.91. The number of hydrogen-bond acceptors (Lipinski definition) is 4. The summed E-state index contributed by atoms with van der Waals surface area (Å²) in [7, 11) is 0. The molecule has 0 radical (unpaired) electrons. The second-order valence-electron chi connectivity index (χ2n) is 4.58. The lowest BCUT2D eigenvalue weighted by Gasteiger charge is -2.12. The first-order valence-corrected chi connectivity index (χ1v) is 6.90. The third-order valence-electron chi connectivity index (χ3n) is 2.37. The number of rotatable bonds is 6. The van der Waals surface area contributed by atoms with Gasteiger partial charge in [-0.05, 0) is 18.4 Å². The molecule has 7 heteroatoms. The van der Waals surface area contributed by atoms with Crippen molar-refractivity contribution in [3.63, 3.8) is 0 Å². The fourth-order valence-electron chi connectivity index (χ4n) is 1.64. The summed E-state index contributed by atoms with van der Waals surface area (Å²) in [5, 5.41) is 17.7. The molecule has 0 aliphatic carbocycles. The van der Waals surface area contributed by atoms with Crippen LogP contribution >= 0.6 is 11.8 Å². The van der Waals surface area contributed by atoms with Gasteiger partial charge in [0.05, 0.1) is 11.3 Å². The number of thioether (sulfide) groups is 1. The van der Waals surface area contributed by atoms with E-state index in [-0.39, 0.29) is 27.8 Å². The zero-order valence-electron chi connectivity index (χ0n) is 11.1.